The molecule has 0 fully saturated rings. The van der Waals surface area contributed by atoms with Crippen LogP contribution in [0.4, 0.5) is 15.5 Å². The third-order valence-corrected chi connectivity index (χ3v) is 7.43. The Morgan fingerprint density at radius 3 is 2.85 bits per heavy atom. The van der Waals surface area contributed by atoms with Crippen molar-refractivity contribution in [2.24, 2.45) is 5.92 Å². The molecular weight excluding hydrogens is 452 g/mol. The van der Waals surface area contributed by atoms with Crippen molar-refractivity contribution in [2.45, 2.75) is 52.0 Å². The maximum Gasteiger partial charge on any atom is 0.407 e. The van der Waals surface area contributed by atoms with E-state index in [9.17, 15) is 9.59 Å². The predicted molar refractivity (Wildman–Crippen MR) is 132 cm³/mol. The van der Waals surface area contributed by atoms with Crippen LogP contribution in [0.2, 0.25) is 0 Å². The number of rotatable bonds is 8. The Hall–Kier alpha value is -3.33. The van der Waals surface area contributed by atoms with E-state index in [1.165, 1.54) is 17.6 Å². The number of hydrogen-bond acceptors (Lipinski definition) is 7. The first kappa shape index (κ1) is 23.8. The number of anilines is 2. The topological polar surface area (TPSA) is 119 Å². The molecule has 8 nitrogen and oxygen atoms in total. The number of carbonyl (C=O) groups excluding carboxylic acids is 2. The van der Waals surface area contributed by atoms with Crippen molar-refractivity contribution in [1.82, 2.24) is 10.5 Å². The zero-order valence-electron chi connectivity index (χ0n) is 19.4. The van der Waals surface area contributed by atoms with Gasteiger partial charge in [0.25, 0.3) is 0 Å². The van der Waals surface area contributed by atoms with Gasteiger partial charge < -0.3 is 25.6 Å². The van der Waals surface area contributed by atoms with Gasteiger partial charge in [-0.1, -0.05) is 42.4 Å². The summed E-state index contributed by atoms with van der Waals surface area (Å²) in [4.78, 5) is 25.9. The van der Waals surface area contributed by atoms with E-state index in [-0.39, 0.29) is 17.7 Å². The Morgan fingerprint density at radius 2 is 2.12 bits per heavy atom. The van der Waals surface area contributed by atoms with Gasteiger partial charge in [-0.25, -0.2) is 4.79 Å². The number of nitrogens with one attached hydrogen (secondary N) is 2. The van der Waals surface area contributed by atoms with Crippen LogP contribution < -0.4 is 16.4 Å². The maximum absolute atomic E-state index is 12.6. The number of thiophene rings is 1. The van der Waals surface area contributed by atoms with Gasteiger partial charge in [-0.3, -0.25) is 4.79 Å². The molecule has 0 bridgehead atoms. The van der Waals surface area contributed by atoms with Crippen molar-refractivity contribution >= 4 is 34.0 Å². The molecular formula is C25H30N4O4S. The lowest BCUT2D eigenvalue weighted by Gasteiger charge is -2.22. The molecule has 4 N–H and O–H groups in total. The maximum atomic E-state index is 12.6. The van der Waals surface area contributed by atoms with Gasteiger partial charge in [0, 0.05) is 16.9 Å². The Balaban J connectivity index is 1.27. The second-order valence-electron chi connectivity index (χ2n) is 8.80. The zero-order valence-corrected chi connectivity index (χ0v) is 20.2. The molecule has 2 heterocycles. The van der Waals surface area contributed by atoms with Gasteiger partial charge in [0.1, 0.15) is 11.3 Å². The fourth-order valence-corrected chi connectivity index (χ4v) is 5.46. The van der Waals surface area contributed by atoms with Crippen LogP contribution in [0.25, 0.3) is 0 Å². The molecule has 2 atom stereocenters. The van der Waals surface area contributed by atoms with Gasteiger partial charge in [-0.05, 0) is 49.1 Å². The average molecular weight is 483 g/mol. The van der Waals surface area contributed by atoms with Gasteiger partial charge in [0.15, 0.2) is 0 Å². The van der Waals surface area contributed by atoms with Crippen LogP contribution in [0.1, 0.15) is 52.9 Å². The fourth-order valence-electron chi connectivity index (χ4n) is 4.16. The minimum absolute atomic E-state index is 0.0405. The second kappa shape index (κ2) is 10.7. The lowest BCUT2D eigenvalue weighted by Crippen LogP contribution is -2.27. The van der Waals surface area contributed by atoms with Crippen LogP contribution in [0.3, 0.4) is 0 Å². The van der Waals surface area contributed by atoms with E-state index >= 15 is 0 Å². The molecule has 1 aromatic carbocycles. The predicted octanol–water partition coefficient (Wildman–Crippen LogP) is 4.79. The van der Waals surface area contributed by atoms with Crippen molar-refractivity contribution in [3.63, 3.8) is 0 Å². The van der Waals surface area contributed by atoms with E-state index in [1.807, 2.05) is 44.2 Å². The fraction of sp³-hybridized carbons (Fsp3) is 0.400. The molecule has 0 saturated heterocycles. The molecule has 0 spiro atoms. The molecule has 4 rings (SSSR count). The van der Waals surface area contributed by atoms with Gasteiger partial charge in [0.05, 0.1) is 24.5 Å². The van der Waals surface area contributed by atoms with E-state index in [0.29, 0.717) is 25.3 Å². The summed E-state index contributed by atoms with van der Waals surface area (Å²) in [5.41, 5.74) is 10.8. The lowest BCUT2D eigenvalue weighted by atomic mass is 9.89. The van der Waals surface area contributed by atoms with Crippen LogP contribution in [-0.2, 0) is 28.9 Å². The van der Waals surface area contributed by atoms with Crippen molar-refractivity contribution in [1.29, 1.82) is 0 Å². The molecule has 2 amide bonds. The molecule has 0 radical (unpaired) electrons. The number of carbonyl (C=O) groups is 2. The number of fused-ring (bicyclic) bond motifs is 1. The number of ether oxygens (including phenoxy) is 1. The number of nitrogens with zero attached hydrogens (tertiary/aromatic N) is 1. The Bertz CT molecular complexity index is 1140. The third kappa shape index (κ3) is 5.77. The summed E-state index contributed by atoms with van der Waals surface area (Å²) in [6.07, 6.45) is 3.91. The van der Waals surface area contributed by atoms with Gasteiger partial charge in [0.2, 0.25) is 5.91 Å². The molecule has 0 saturated carbocycles. The number of amides is 2. The van der Waals surface area contributed by atoms with Gasteiger partial charge in [-0.2, -0.15) is 0 Å². The van der Waals surface area contributed by atoms with E-state index in [2.05, 4.69) is 15.8 Å². The monoisotopic (exact) mass is 482 g/mol. The first-order valence-corrected chi connectivity index (χ1v) is 12.3. The Morgan fingerprint density at radius 1 is 1.32 bits per heavy atom. The highest BCUT2D eigenvalue weighted by atomic mass is 32.1. The third-order valence-electron chi connectivity index (χ3n) is 6.24. The summed E-state index contributed by atoms with van der Waals surface area (Å²) in [6.45, 7) is 4.52. The van der Waals surface area contributed by atoms with Crippen molar-refractivity contribution in [3.8, 4) is 0 Å². The normalized spacial score (nSPS) is 15.9. The number of nitrogens with two attached hydrogens (primary N) is 1. The Labute approximate surface area is 202 Å². The highest BCUT2D eigenvalue weighted by Gasteiger charge is 2.26. The zero-order chi connectivity index (χ0) is 24.1. The summed E-state index contributed by atoms with van der Waals surface area (Å²) in [5.74, 6) is 0.301. The lowest BCUT2D eigenvalue weighted by molar-refractivity contribution is -0.116. The average Bonchev–Trinajstić information content (AvgIpc) is 3.38. The molecule has 1 aliphatic rings. The molecule has 1 aliphatic carbocycles. The van der Waals surface area contributed by atoms with E-state index < -0.39 is 6.09 Å². The molecule has 34 heavy (non-hydrogen) atoms. The van der Waals surface area contributed by atoms with Gasteiger partial charge >= 0.3 is 6.09 Å². The smallest absolute Gasteiger partial charge is 0.407 e. The molecule has 3 aromatic rings. The summed E-state index contributed by atoms with van der Waals surface area (Å²) < 4.78 is 10.3. The first-order chi connectivity index (χ1) is 16.4. The summed E-state index contributed by atoms with van der Waals surface area (Å²) in [5, 5.41) is 10.2. The van der Waals surface area contributed by atoms with Crippen LogP contribution in [-0.4, -0.2) is 23.8 Å². The quantitative estimate of drug-likeness (QED) is 0.425. The molecule has 2 aromatic heterocycles. The molecule has 2 unspecified atom stereocenters. The van der Waals surface area contributed by atoms with E-state index in [1.54, 1.807) is 0 Å². The number of aromatic nitrogens is 1. The summed E-state index contributed by atoms with van der Waals surface area (Å²) in [6, 6.07) is 10.0. The van der Waals surface area contributed by atoms with E-state index in [4.69, 9.17) is 15.0 Å². The second-order valence-corrected chi connectivity index (χ2v) is 9.90. The number of hydrogen-bond donors (Lipinski definition) is 3. The van der Waals surface area contributed by atoms with Crippen molar-refractivity contribution in [3.05, 3.63) is 63.9 Å². The van der Waals surface area contributed by atoms with E-state index in [0.717, 1.165) is 51.5 Å². The molecule has 180 valence electrons. The summed E-state index contributed by atoms with van der Waals surface area (Å²) >= 11 is 1.53. The van der Waals surface area contributed by atoms with Crippen molar-refractivity contribution in [2.75, 3.05) is 17.7 Å². The van der Waals surface area contributed by atoms with Crippen LogP contribution in [0, 0.1) is 12.8 Å². The Kier molecular flexibility index (Phi) is 7.52. The van der Waals surface area contributed by atoms with Crippen LogP contribution in [0.5, 0.6) is 0 Å². The van der Waals surface area contributed by atoms with Crippen LogP contribution >= 0.6 is 11.3 Å². The highest BCUT2D eigenvalue weighted by molar-refractivity contribution is 7.17. The van der Waals surface area contributed by atoms with Gasteiger partial charge in [-0.15, -0.1) is 11.3 Å². The first-order valence-electron chi connectivity index (χ1n) is 11.5. The minimum Gasteiger partial charge on any atom is -0.449 e. The number of nitrogen functional groups attached to an aromatic ring is 1. The van der Waals surface area contributed by atoms with Crippen LogP contribution in [0.15, 0.2) is 41.1 Å². The largest absolute Gasteiger partial charge is 0.449 e. The number of alkyl carbamates (subject to hydrolysis) is 1. The standard InChI is InChI=1S/C25H30N4O4S/c1-15(18-6-4-3-5-7-18)10-22(30)28-24-23(26)20-9-8-17(11-21(20)34-24)13-32-25(31)27-12-19-14-33-29-16(19)2/h3-7,14-15,17H,8-13,26H2,1-2H3,(H,27,31)(H,28,30). The summed E-state index contributed by atoms with van der Waals surface area (Å²) in [7, 11) is 0. The number of benzene rings is 1. The minimum atomic E-state index is -0.461. The molecule has 0 aliphatic heterocycles. The SMILES string of the molecule is Cc1nocc1CNC(=O)OCC1CCc2c(sc(NC(=O)CC(C)c3ccccc3)c2N)C1. The molecule has 9 heteroatoms. The number of aryl methyl sites for hydroxylation is 1. The van der Waals surface area contributed by atoms with Crippen molar-refractivity contribution < 1.29 is 18.8 Å². The highest BCUT2D eigenvalue weighted by Crippen LogP contribution is 2.41.